The molecule has 0 aromatic heterocycles. The van der Waals surface area contributed by atoms with Crippen molar-refractivity contribution >= 4 is 9.84 Å². The number of sulfone groups is 1. The SMILES string of the molecule is COc1cccc(OCCNC2CCS(=O)(=O)C2)c1. The van der Waals surface area contributed by atoms with Crippen molar-refractivity contribution in [3.8, 4) is 11.5 Å². The smallest absolute Gasteiger partial charge is 0.151 e. The van der Waals surface area contributed by atoms with Crippen LogP contribution in [0.2, 0.25) is 0 Å². The van der Waals surface area contributed by atoms with Crippen LogP contribution in [0.5, 0.6) is 11.5 Å². The lowest BCUT2D eigenvalue weighted by atomic mass is 10.3. The van der Waals surface area contributed by atoms with E-state index in [4.69, 9.17) is 9.47 Å². The highest BCUT2D eigenvalue weighted by Crippen LogP contribution is 2.18. The Morgan fingerprint density at radius 1 is 1.37 bits per heavy atom. The third kappa shape index (κ3) is 4.40. The summed E-state index contributed by atoms with van der Waals surface area (Å²) in [6, 6.07) is 7.47. The Bertz CT molecular complexity index is 515. The highest BCUT2D eigenvalue weighted by Gasteiger charge is 2.26. The summed E-state index contributed by atoms with van der Waals surface area (Å²) in [6.45, 7) is 1.14. The molecule has 1 heterocycles. The summed E-state index contributed by atoms with van der Waals surface area (Å²) in [4.78, 5) is 0. The molecule has 5 nitrogen and oxygen atoms in total. The molecule has 1 unspecified atom stereocenters. The Hall–Kier alpha value is -1.27. The first-order valence-corrected chi connectivity index (χ1v) is 8.12. The quantitative estimate of drug-likeness (QED) is 0.785. The Kier molecular flexibility index (Phi) is 4.66. The second kappa shape index (κ2) is 6.25. The molecule has 19 heavy (non-hydrogen) atoms. The molecule has 1 aromatic rings. The molecule has 2 rings (SSSR count). The highest BCUT2D eigenvalue weighted by molar-refractivity contribution is 7.91. The second-order valence-electron chi connectivity index (χ2n) is 4.58. The Labute approximate surface area is 113 Å². The van der Waals surface area contributed by atoms with Gasteiger partial charge in [-0.15, -0.1) is 0 Å². The fraction of sp³-hybridized carbons (Fsp3) is 0.538. The number of methoxy groups -OCH3 is 1. The van der Waals surface area contributed by atoms with Gasteiger partial charge in [-0.2, -0.15) is 0 Å². The minimum Gasteiger partial charge on any atom is -0.497 e. The van der Waals surface area contributed by atoms with E-state index >= 15 is 0 Å². The van der Waals surface area contributed by atoms with Gasteiger partial charge in [-0.05, 0) is 18.6 Å². The van der Waals surface area contributed by atoms with Crippen LogP contribution < -0.4 is 14.8 Å². The molecule has 1 aliphatic heterocycles. The van der Waals surface area contributed by atoms with Gasteiger partial charge < -0.3 is 14.8 Å². The van der Waals surface area contributed by atoms with Gasteiger partial charge in [0.25, 0.3) is 0 Å². The normalized spacial score (nSPS) is 21.2. The lowest BCUT2D eigenvalue weighted by Gasteiger charge is -2.12. The van der Waals surface area contributed by atoms with Crippen molar-refractivity contribution in [2.75, 3.05) is 31.8 Å². The predicted molar refractivity (Wildman–Crippen MR) is 73.6 cm³/mol. The van der Waals surface area contributed by atoms with Gasteiger partial charge in [-0.25, -0.2) is 8.42 Å². The molecule has 106 valence electrons. The van der Waals surface area contributed by atoms with Crippen molar-refractivity contribution < 1.29 is 17.9 Å². The molecule has 0 spiro atoms. The van der Waals surface area contributed by atoms with Crippen LogP contribution in [-0.4, -0.2) is 46.2 Å². The van der Waals surface area contributed by atoms with Gasteiger partial charge >= 0.3 is 0 Å². The van der Waals surface area contributed by atoms with Crippen LogP contribution in [0.25, 0.3) is 0 Å². The highest BCUT2D eigenvalue weighted by atomic mass is 32.2. The van der Waals surface area contributed by atoms with Crippen molar-refractivity contribution in [2.24, 2.45) is 0 Å². The maximum absolute atomic E-state index is 11.3. The minimum atomic E-state index is -2.81. The van der Waals surface area contributed by atoms with Crippen molar-refractivity contribution in [2.45, 2.75) is 12.5 Å². The summed E-state index contributed by atoms with van der Waals surface area (Å²) in [5.74, 6) is 2.04. The van der Waals surface area contributed by atoms with Gasteiger partial charge in [0.15, 0.2) is 9.84 Å². The molecule has 1 aliphatic rings. The molecule has 0 aliphatic carbocycles. The summed E-state index contributed by atoms with van der Waals surface area (Å²) in [5.41, 5.74) is 0. The third-order valence-corrected chi connectivity index (χ3v) is 4.85. The van der Waals surface area contributed by atoms with E-state index in [1.165, 1.54) is 0 Å². The molecule has 1 saturated heterocycles. The zero-order chi connectivity index (χ0) is 13.7. The standard InChI is InChI=1S/C13H19NO4S/c1-17-12-3-2-4-13(9-12)18-7-6-14-11-5-8-19(15,16)10-11/h2-4,9,11,14H,5-8,10H2,1H3. The molecule has 0 amide bonds. The lowest BCUT2D eigenvalue weighted by Crippen LogP contribution is -2.33. The van der Waals surface area contributed by atoms with Crippen LogP contribution in [-0.2, 0) is 9.84 Å². The minimum absolute atomic E-state index is 0.0684. The van der Waals surface area contributed by atoms with E-state index in [1.807, 2.05) is 24.3 Å². The number of benzene rings is 1. The molecule has 1 atom stereocenters. The first-order valence-electron chi connectivity index (χ1n) is 6.30. The summed E-state index contributed by atoms with van der Waals surface area (Å²) in [6.07, 6.45) is 0.696. The van der Waals surface area contributed by atoms with Crippen molar-refractivity contribution in [3.05, 3.63) is 24.3 Å². The van der Waals surface area contributed by atoms with Crippen LogP contribution in [0, 0.1) is 0 Å². The largest absolute Gasteiger partial charge is 0.497 e. The lowest BCUT2D eigenvalue weighted by molar-refractivity contribution is 0.305. The first kappa shape index (κ1) is 14.1. The van der Waals surface area contributed by atoms with Gasteiger partial charge in [0.1, 0.15) is 18.1 Å². The number of hydrogen-bond acceptors (Lipinski definition) is 5. The van der Waals surface area contributed by atoms with Crippen LogP contribution >= 0.6 is 0 Å². The molecule has 1 fully saturated rings. The van der Waals surface area contributed by atoms with Gasteiger partial charge in [-0.3, -0.25) is 0 Å². The van der Waals surface area contributed by atoms with Crippen LogP contribution in [0.1, 0.15) is 6.42 Å². The molecular formula is C13H19NO4S. The van der Waals surface area contributed by atoms with Crippen LogP contribution in [0.15, 0.2) is 24.3 Å². The average molecular weight is 285 g/mol. The van der Waals surface area contributed by atoms with Crippen molar-refractivity contribution in [1.82, 2.24) is 5.32 Å². The van der Waals surface area contributed by atoms with E-state index in [1.54, 1.807) is 7.11 Å². The molecule has 1 N–H and O–H groups in total. The first-order chi connectivity index (χ1) is 9.09. The summed E-state index contributed by atoms with van der Waals surface area (Å²) in [5, 5.41) is 3.20. The van der Waals surface area contributed by atoms with Gasteiger partial charge in [0.2, 0.25) is 0 Å². The average Bonchev–Trinajstić information content (AvgIpc) is 2.74. The van der Waals surface area contributed by atoms with Gasteiger partial charge in [-0.1, -0.05) is 6.07 Å². The zero-order valence-electron chi connectivity index (χ0n) is 11.0. The Morgan fingerprint density at radius 2 is 2.16 bits per heavy atom. The molecular weight excluding hydrogens is 266 g/mol. The van der Waals surface area contributed by atoms with Gasteiger partial charge in [0, 0.05) is 18.7 Å². The predicted octanol–water partition coefficient (Wildman–Crippen LogP) is 0.851. The van der Waals surface area contributed by atoms with E-state index < -0.39 is 9.84 Å². The Balaban J connectivity index is 1.69. The third-order valence-electron chi connectivity index (χ3n) is 3.08. The zero-order valence-corrected chi connectivity index (χ0v) is 11.8. The molecule has 0 bridgehead atoms. The van der Waals surface area contributed by atoms with E-state index in [0.717, 1.165) is 11.5 Å². The van der Waals surface area contributed by atoms with Crippen LogP contribution in [0.4, 0.5) is 0 Å². The fourth-order valence-corrected chi connectivity index (χ4v) is 3.79. The van der Waals surface area contributed by atoms with E-state index in [-0.39, 0.29) is 11.8 Å². The maximum Gasteiger partial charge on any atom is 0.151 e. The monoisotopic (exact) mass is 285 g/mol. The summed E-state index contributed by atoms with van der Waals surface area (Å²) < 4.78 is 33.2. The number of hydrogen-bond donors (Lipinski definition) is 1. The van der Waals surface area contributed by atoms with E-state index in [2.05, 4.69) is 5.32 Å². The second-order valence-corrected chi connectivity index (χ2v) is 6.81. The summed E-state index contributed by atoms with van der Waals surface area (Å²) >= 11 is 0. The number of nitrogens with one attached hydrogen (secondary N) is 1. The molecule has 6 heteroatoms. The van der Waals surface area contributed by atoms with E-state index in [9.17, 15) is 8.42 Å². The molecule has 0 radical (unpaired) electrons. The van der Waals surface area contributed by atoms with Crippen molar-refractivity contribution in [3.63, 3.8) is 0 Å². The molecule has 0 saturated carbocycles. The maximum atomic E-state index is 11.3. The summed E-state index contributed by atoms with van der Waals surface area (Å²) in [7, 11) is -1.20. The number of ether oxygens (including phenoxy) is 2. The van der Waals surface area contributed by atoms with E-state index in [0.29, 0.717) is 25.3 Å². The number of rotatable bonds is 6. The van der Waals surface area contributed by atoms with Crippen LogP contribution in [0.3, 0.4) is 0 Å². The topological polar surface area (TPSA) is 64.6 Å². The van der Waals surface area contributed by atoms with Crippen molar-refractivity contribution in [1.29, 1.82) is 0 Å². The van der Waals surface area contributed by atoms with Gasteiger partial charge in [0.05, 0.1) is 18.6 Å². The fourth-order valence-electron chi connectivity index (χ4n) is 2.08. The molecule has 1 aromatic carbocycles. The Morgan fingerprint density at radius 3 is 2.84 bits per heavy atom.